The van der Waals surface area contributed by atoms with Gasteiger partial charge in [0.05, 0.1) is 0 Å². The van der Waals surface area contributed by atoms with Gasteiger partial charge in [0.1, 0.15) is 0 Å². The van der Waals surface area contributed by atoms with Crippen LogP contribution in [0.5, 0.6) is 0 Å². The Kier molecular flexibility index (Phi) is 4.01. The summed E-state index contributed by atoms with van der Waals surface area (Å²) in [6.45, 7) is 4.67. The lowest BCUT2D eigenvalue weighted by atomic mass is 9.95. The molecule has 20 heavy (non-hydrogen) atoms. The molecule has 0 bridgehead atoms. The number of halogens is 3. The summed E-state index contributed by atoms with van der Waals surface area (Å²) in [5.74, 6) is -1.44. The molecular formula is C12H16F3N3O2. The van der Waals surface area contributed by atoms with E-state index in [-0.39, 0.29) is 23.6 Å². The topological polar surface area (TPSA) is 59.2 Å². The molecule has 0 N–H and O–H groups in total. The summed E-state index contributed by atoms with van der Waals surface area (Å²) in [6.07, 6.45) is -3.51. The number of rotatable bonds is 2. The van der Waals surface area contributed by atoms with E-state index in [1.165, 1.54) is 0 Å². The molecular weight excluding hydrogens is 275 g/mol. The Morgan fingerprint density at radius 3 is 2.40 bits per heavy atom. The Hall–Kier alpha value is -1.60. The first kappa shape index (κ1) is 14.8. The maximum absolute atomic E-state index is 12.4. The lowest BCUT2D eigenvalue weighted by molar-refractivity contribution is -0.159. The maximum Gasteiger partial charge on any atom is 0.471 e. The first-order chi connectivity index (χ1) is 9.29. The maximum atomic E-state index is 12.4. The third kappa shape index (κ3) is 3.10. The van der Waals surface area contributed by atoms with Gasteiger partial charge in [0, 0.05) is 24.9 Å². The van der Waals surface area contributed by atoms with Crippen LogP contribution in [0.4, 0.5) is 13.2 Å². The fourth-order valence-corrected chi connectivity index (χ4v) is 2.24. The van der Waals surface area contributed by atoms with Crippen LogP contribution in [0.1, 0.15) is 44.3 Å². The van der Waals surface area contributed by atoms with E-state index in [1.807, 2.05) is 13.8 Å². The predicted octanol–water partition coefficient (Wildman–Crippen LogP) is 2.45. The molecule has 0 aliphatic carbocycles. The molecule has 2 heterocycles. The number of aromatic nitrogens is 2. The molecule has 1 aromatic heterocycles. The highest BCUT2D eigenvalue weighted by Crippen LogP contribution is 2.31. The average molecular weight is 291 g/mol. The summed E-state index contributed by atoms with van der Waals surface area (Å²) in [6, 6.07) is 0. The van der Waals surface area contributed by atoms with E-state index >= 15 is 0 Å². The number of alkyl halides is 3. The van der Waals surface area contributed by atoms with Gasteiger partial charge in [-0.1, -0.05) is 19.0 Å². The molecule has 1 fully saturated rings. The van der Waals surface area contributed by atoms with E-state index < -0.39 is 12.1 Å². The largest absolute Gasteiger partial charge is 0.471 e. The van der Waals surface area contributed by atoms with Crippen LogP contribution in [0.15, 0.2) is 4.52 Å². The summed E-state index contributed by atoms with van der Waals surface area (Å²) < 4.78 is 41.4. The van der Waals surface area contributed by atoms with Gasteiger partial charge < -0.3 is 9.42 Å². The number of carbonyl (C=O) groups is 1. The fourth-order valence-electron chi connectivity index (χ4n) is 2.24. The van der Waals surface area contributed by atoms with Crippen molar-refractivity contribution in [2.24, 2.45) is 5.92 Å². The molecule has 0 atom stereocenters. The lowest BCUT2D eigenvalue weighted by Gasteiger charge is -2.31. The monoisotopic (exact) mass is 291 g/mol. The van der Waals surface area contributed by atoms with Crippen LogP contribution in [0.25, 0.3) is 0 Å². The van der Waals surface area contributed by atoms with E-state index in [0.717, 1.165) is 0 Å². The lowest BCUT2D eigenvalue weighted by Crippen LogP contribution is -2.40. The van der Waals surface area contributed by atoms with Crippen molar-refractivity contribution in [1.82, 2.24) is 15.0 Å². The molecule has 0 aromatic carbocycles. The van der Waals surface area contributed by atoms with Crippen molar-refractivity contribution < 1.29 is 22.5 Å². The van der Waals surface area contributed by atoms with Crippen LogP contribution in [-0.2, 0) is 11.0 Å². The van der Waals surface area contributed by atoms with E-state index in [2.05, 4.69) is 14.7 Å². The van der Waals surface area contributed by atoms with E-state index in [9.17, 15) is 18.0 Å². The number of hydrogen-bond donors (Lipinski definition) is 0. The second-order valence-electron chi connectivity index (χ2n) is 5.21. The third-order valence-corrected chi connectivity index (χ3v) is 3.35. The van der Waals surface area contributed by atoms with Crippen LogP contribution >= 0.6 is 0 Å². The minimum absolute atomic E-state index is 0.0625. The van der Waals surface area contributed by atoms with Gasteiger partial charge in [-0.2, -0.15) is 18.2 Å². The Morgan fingerprint density at radius 2 is 1.95 bits per heavy atom. The second kappa shape index (κ2) is 5.41. The van der Waals surface area contributed by atoms with Crippen molar-refractivity contribution in [3.63, 3.8) is 0 Å². The fraction of sp³-hybridized carbons (Fsp3) is 0.750. The molecule has 0 saturated carbocycles. The number of piperidine rings is 1. The summed E-state index contributed by atoms with van der Waals surface area (Å²) in [4.78, 5) is 16.9. The van der Waals surface area contributed by atoms with Gasteiger partial charge in [0.15, 0.2) is 5.82 Å². The molecule has 1 aliphatic rings. The van der Waals surface area contributed by atoms with Crippen LogP contribution in [0.2, 0.25) is 0 Å². The first-order valence-electron chi connectivity index (χ1n) is 6.48. The quantitative estimate of drug-likeness (QED) is 0.839. The summed E-state index contributed by atoms with van der Waals surface area (Å²) in [5, 5.41) is 3.40. The Bertz CT molecular complexity index is 477. The minimum Gasteiger partial charge on any atom is -0.342 e. The van der Waals surface area contributed by atoms with E-state index in [4.69, 9.17) is 0 Å². The normalized spacial score (nSPS) is 17.8. The molecule has 2 rings (SSSR count). The van der Waals surface area contributed by atoms with Crippen molar-refractivity contribution in [3.8, 4) is 0 Å². The van der Waals surface area contributed by atoms with Gasteiger partial charge in [-0.15, -0.1) is 0 Å². The van der Waals surface area contributed by atoms with Crippen molar-refractivity contribution in [2.45, 2.75) is 38.8 Å². The predicted molar refractivity (Wildman–Crippen MR) is 62.7 cm³/mol. The zero-order chi connectivity index (χ0) is 14.9. The first-order valence-corrected chi connectivity index (χ1v) is 6.48. The van der Waals surface area contributed by atoms with Gasteiger partial charge >= 0.3 is 12.1 Å². The molecule has 0 radical (unpaired) electrons. The molecule has 1 aliphatic heterocycles. The van der Waals surface area contributed by atoms with Gasteiger partial charge in [-0.05, 0) is 12.8 Å². The summed E-state index contributed by atoms with van der Waals surface area (Å²) in [7, 11) is 0. The molecule has 1 aromatic rings. The van der Waals surface area contributed by atoms with Crippen molar-refractivity contribution in [3.05, 3.63) is 11.7 Å². The van der Waals surface area contributed by atoms with Crippen LogP contribution in [0.3, 0.4) is 0 Å². The number of nitrogens with zero attached hydrogens (tertiary/aromatic N) is 3. The number of likely N-dealkylation sites (tertiary alicyclic amines) is 1. The van der Waals surface area contributed by atoms with Crippen LogP contribution in [-0.4, -0.2) is 34.0 Å². The molecule has 1 amide bonds. The van der Waals surface area contributed by atoms with Gasteiger partial charge in [-0.3, -0.25) is 4.79 Å². The second-order valence-corrected chi connectivity index (χ2v) is 5.21. The van der Waals surface area contributed by atoms with Gasteiger partial charge in [0.25, 0.3) is 0 Å². The number of amides is 1. The minimum atomic E-state index is -4.61. The summed E-state index contributed by atoms with van der Waals surface area (Å²) in [5.41, 5.74) is 0. The Morgan fingerprint density at radius 1 is 1.35 bits per heavy atom. The molecule has 0 spiro atoms. The highest BCUT2D eigenvalue weighted by atomic mass is 19.4. The van der Waals surface area contributed by atoms with Crippen LogP contribution < -0.4 is 0 Å². The Balaban J connectivity index is 1.97. The van der Waals surface area contributed by atoms with Crippen molar-refractivity contribution in [2.75, 3.05) is 13.1 Å². The molecule has 1 saturated heterocycles. The van der Waals surface area contributed by atoms with Crippen molar-refractivity contribution in [1.29, 1.82) is 0 Å². The van der Waals surface area contributed by atoms with Gasteiger partial charge in [-0.25, -0.2) is 0 Å². The van der Waals surface area contributed by atoms with E-state index in [0.29, 0.717) is 25.9 Å². The zero-order valence-electron chi connectivity index (χ0n) is 11.3. The molecule has 0 unspecified atom stereocenters. The number of carbonyl (C=O) groups excluding carboxylic acids is 1. The zero-order valence-corrected chi connectivity index (χ0v) is 11.3. The third-order valence-electron chi connectivity index (χ3n) is 3.35. The van der Waals surface area contributed by atoms with Crippen LogP contribution in [0, 0.1) is 5.92 Å². The summed E-state index contributed by atoms with van der Waals surface area (Å²) >= 11 is 0. The highest BCUT2D eigenvalue weighted by molar-refractivity contribution is 5.78. The molecule has 112 valence electrons. The highest BCUT2D eigenvalue weighted by Gasteiger charge is 2.39. The van der Waals surface area contributed by atoms with E-state index in [1.54, 1.807) is 4.90 Å². The standard InChI is InChI=1S/C12H16F3N3O2/c1-7(2)10(19)18-5-3-8(4-6-18)9-16-11(20-17-9)12(13,14)15/h7-8H,3-6H2,1-2H3. The van der Waals surface area contributed by atoms with Crippen molar-refractivity contribution >= 4 is 5.91 Å². The number of hydrogen-bond acceptors (Lipinski definition) is 4. The Labute approximate surface area is 114 Å². The van der Waals surface area contributed by atoms with Gasteiger partial charge in [0.2, 0.25) is 5.91 Å². The molecule has 8 heteroatoms. The molecule has 5 nitrogen and oxygen atoms in total. The average Bonchev–Trinajstić information content (AvgIpc) is 2.87. The SMILES string of the molecule is CC(C)C(=O)N1CCC(c2noc(C(F)(F)F)n2)CC1. The smallest absolute Gasteiger partial charge is 0.342 e.